The topological polar surface area (TPSA) is 26.3 Å². The summed E-state index contributed by atoms with van der Waals surface area (Å²) in [6.07, 6.45) is 6.51. The second kappa shape index (κ2) is 7.11. The van der Waals surface area contributed by atoms with Crippen LogP contribution in [0.15, 0.2) is 60.7 Å². The molecule has 13 aromatic rings. The molecule has 6 aliphatic rings. The van der Waals surface area contributed by atoms with E-state index in [1.165, 1.54) is 10.9 Å². The molecule has 6 aliphatic carbocycles. The molecule has 0 N–H and O–H groups in total. The standard InChI is InChI=1S/C54H28O2/c1-56-29(55)8-5-9-53(27-6-3-2-4-7-27)52-28-17-25-15-22-11-19-10-20-12-23-13-21-14-24-16-26-18-54(52,53)51-37(26)42-34(24)32(21)41-36(23)40-31(20)30(19)39-33(22)35(25)43-38(28)50(51)49-47(42)46(41)45(40)44(39)48(43)49/h2-4,6-7,11-13,16-17,52H,5,8-10,14-15,18H2,1H3. The number of benzene rings is 11. The maximum atomic E-state index is 12.8. The van der Waals surface area contributed by atoms with Crippen LogP contribution in [0.25, 0.3) is 118 Å². The molecule has 1 spiro atoms. The van der Waals surface area contributed by atoms with E-state index in [2.05, 4.69) is 60.7 Å². The van der Waals surface area contributed by atoms with Crippen molar-refractivity contribution < 1.29 is 9.53 Å². The molecule has 1 fully saturated rings. The van der Waals surface area contributed by atoms with Crippen LogP contribution in [-0.2, 0) is 46.0 Å². The number of ether oxygens (including phenoxy) is 1. The fraction of sp³-hybridized carbons (Fsp3) is 0.204. The van der Waals surface area contributed by atoms with Crippen molar-refractivity contribution in [1.82, 2.24) is 0 Å². The van der Waals surface area contributed by atoms with Crippen molar-refractivity contribution in [3.8, 4) is 0 Å². The van der Waals surface area contributed by atoms with E-state index in [0.29, 0.717) is 12.3 Å². The molecule has 3 atom stereocenters. The molecule has 0 bridgehead atoms. The summed E-state index contributed by atoms with van der Waals surface area (Å²) < 4.78 is 5.25. The zero-order chi connectivity index (χ0) is 35.4. The first-order valence-electron chi connectivity index (χ1n) is 21.0. The molecular weight excluding hydrogens is 681 g/mol. The number of fused-ring (bicyclic) bond motifs is 1. The predicted molar refractivity (Wildman–Crippen MR) is 228 cm³/mol. The molecule has 256 valence electrons. The number of carbonyl (C=O) groups excluding carboxylic acids is 1. The number of hydrogen-bond acceptors (Lipinski definition) is 2. The fourth-order valence-electron chi connectivity index (χ4n) is 17.0. The number of rotatable bonds is 5. The van der Waals surface area contributed by atoms with Gasteiger partial charge in [-0.2, -0.15) is 0 Å². The van der Waals surface area contributed by atoms with E-state index in [-0.39, 0.29) is 16.8 Å². The molecule has 0 saturated heterocycles. The van der Waals surface area contributed by atoms with Crippen LogP contribution >= 0.6 is 0 Å². The Morgan fingerprint density at radius 1 is 0.554 bits per heavy atom. The minimum atomic E-state index is -0.0941. The molecule has 19 rings (SSSR count). The van der Waals surface area contributed by atoms with Crippen LogP contribution in [0, 0.1) is 0 Å². The summed E-state index contributed by atoms with van der Waals surface area (Å²) in [5.41, 5.74) is 15.6. The van der Waals surface area contributed by atoms with Gasteiger partial charge < -0.3 is 4.74 Å². The third kappa shape index (κ3) is 1.99. The highest BCUT2D eigenvalue weighted by Gasteiger charge is 2.80. The van der Waals surface area contributed by atoms with E-state index in [1.54, 1.807) is 170 Å². The first-order chi connectivity index (χ1) is 27.6. The predicted octanol–water partition coefficient (Wildman–Crippen LogP) is 12.3. The van der Waals surface area contributed by atoms with Gasteiger partial charge in [-0.25, -0.2) is 0 Å². The van der Waals surface area contributed by atoms with Gasteiger partial charge in [0.05, 0.1) is 7.11 Å². The second-order valence-corrected chi connectivity index (χ2v) is 19.4. The Morgan fingerprint density at radius 2 is 1.05 bits per heavy atom. The third-order valence-corrected chi connectivity index (χ3v) is 18.0. The Balaban J connectivity index is 1.15. The highest BCUT2D eigenvalue weighted by Crippen LogP contribution is 2.85. The van der Waals surface area contributed by atoms with Gasteiger partial charge in [0.15, 0.2) is 0 Å². The van der Waals surface area contributed by atoms with Crippen molar-refractivity contribution in [2.45, 2.75) is 61.7 Å². The molecule has 0 aliphatic heterocycles. The van der Waals surface area contributed by atoms with Crippen LogP contribution in [0.4, 0.5) is 0 Å². The Bertz CT molecular complexity index is 4190. The fourth-order valence-corrected chi connectivity index (χ4v) is 17.0. The Labute approximate surface area is 317 Å². The van der Waals surface area contributed by atoms with E-state index in [0.717, 1.165) is 38.5 Å². The second-order valence-electron chi connectivity index (χ2n) is 19.4. The largest absolute Gasteiger partial charge is 0.469 e. The van der Waals surface area contributed by atoms with Crippen molar-refractivity contribution in [3.05, 3.63) is 116 Å². The van der Waals surface area contributed by atoms with Gasteiger partial charge in [0.2, 0.25) is 0 Å². The van der Waals surface area contributed by atoms with Gasteiger partial charge in [-0.1, -0.05) is 60.7 Å². The van der Waals surface area contributed by atoms with Crippen molar-refractivity contribution in [2.24, 2.45) is 0 Å². The molecule has 1 saturated carbocycles. The van der Waals surface area contributed by atoms with E-state index in [1.807, 2.05) is 0 Å². The summed E-state index contributed by atoms with van der Waals surface area (Å²) in [6.45, 7) is 0. The van der Waals surface area contributed by atoms with Gasteiger partial charge in [0.1, 0.15) is 0 Å². The first-order valence-corrected chi connectivity index (χ1v) is 21.0. The molecule has 56 heavy (non-hydrogen) atoms. The molecule has 2 nitrogen and oxygen atoms in total. The van der Waals surface area contributed by atoms with Gasteiger partial charge in [-0.3, -0.25) is 4.79 Å². The molecule has 2 heteroatoms. The summed E-state index contributed by atoms with van der Waals surface area (Å²) in [5, 5.41) is 35.0. The lowest BCUT2D eigenvalue weighted by molar-refractivity contribution is -0.140. The first kappa shape index (κ1) is 26.0. The summed E-state index contributed by atoms with van der Waals surface area (Å²) in [7, 11) is 1.54. The minimum absolute atomic E-state index is 0.0392. The maximum absolute atomic E-state index is 12.8. The van der Waals surface area contributed by atoms with Gasteiger partial charge in [0, 0.05) is 23.2 Å². The van der Waals surface area contributed by atoms with Crippen molar-refractivity contribution in [1.29, 1.82) is 0 Å². The number of carbonyl (C=O) groups is 1. The lowest BCUT2D eigenvalue weighted by atomic mass is 9.76. The average molecular weight is 709 g/mol. The smallest absolute Gasteiger partial charge is 0.305 e. The highest BCUT2D eigenvalue weighted by molar-refractivity contribution is 6.64. The lowest BCUT2D eigenvalue weighted by Gasteiger charge is -2.26. The van der Waals surface area contributed by atoms with Gasteiger partial charge in [0.25, 0.3) is 0 Å². The van der Waals surface area contributed by atoms with Crippen LogP contribution in [0.1, 0.15) is 80.8 Å². The molecule has 0 amide bonds. The zero-order valence-corrected chi connectivity index (χ0v) is 30.6. The lowest BCUT2D eigenvalue weighted by Crippen LogP contribution is -2.23. The van der Waals surface area contributed by atoms with Crippen LogP contribution in [-0.4, -0.2) is 13.1 Å². The Morgan fingerprint density at radius 3 is 1.68 bits per heavy atom. The van der Waals surface area contributed by atoms with E-state index < -0.39 is 0 Å². The summed E-state index contributed by atoms with van der Waals surface area (Å²) in [5.74, 6) is 0.280. The molecule has 13 aromatic carbocycles. The normalized spacial score (nSPS) is 23.4. The number of esters is 1. The van der Waals surface area contributed by atoms with Gasteiger partial charge in [-0.05, 0) is 213 Å². The zero-order valence-electron chi connectivity index (χ0n) is 30.6. The molecule has 0 radical (unpaired) electrons. The van der Waals surface area contributed by atoms with Crippen LogP contribution in [0.5, 0.6) is 0 Å². The van der Waals surface area contributed by atoms with Gasteiger partial charge in [-0.15, -0.1) is 0 Å². The monoisotopic (exact) mass is 708 g/mol. The maximum Gasteiger partial charge on any atom is 0.305 e. The third-order valence-electron chi connectivity index (χ3n) is 18.0. The number of methoxy groups -OCH3 is 1. The Hall–Kier alpha value is -5.99. The number of hydrogen-bond donors (Lipinski definition) is 0. The summed E-state index contributed by atoms with van der Waals surface area (Å²) in [4.78, 5) is 12.8. The van der Waals surface area contributed by atoms with Crippen molar-refractivity contribution in [3.63, 3.8) is 0 Å². The van der Waals surface area contributed by atoms with Crippen LogP contribution < -0.4 is 0 Å². The summed E-state index contributed by atoms with van der Waals surface area (Å²) >= 11 is 0. The van der Waals surface area contributed by atoms with Crippen molar-refractivity contribution in [2.75, 3.05) is 7.11 Å². The molecule has 0 aromatic heterocycles. The van der Waals surface area contributed by atoms with Gasteiger partial charge >= 0.3 is 5.97 Å². The van der Waals surface area contributed by atoms with Crippen LogP contribution in [0.3, 0.4) is 0 Å². The van der Waals surface area contributed by atoms with E-state index in [4.69, 9.17) is 4.74 Å². The SMILES string of the molecule is COC(=O)CCCC1(c2ccccc2)C2c3cc4c5c6c(cc7c8c9c(cc%10cc%11c%12c%13c(cc%14c%15c(c%16c3c5c3c%16c(c%15%13)c5c%12c%10c9c5c3c68)C21C%14)C%11)C7)C4. The van der Waals surface area contributed by atoms with Crippen LogP contribution in [0.2, 0.25) is 0 Å². The van der Waals surface area contributed by atoms with Crippen molar-refractivity contribution >= 4 is 124 Å². The minimum Gasteiger partial charge on any atom is -0.469 e. The highest BCUT2D eigenvalue weighted by atomic mass is 16.5. The average Bonchev–Trinajstić information content (AvgIpc) is 3.92. The van der Waals surface area contributed by atoms with E-state index in [9.17, 15) is 4.79 Å². The summed E-state index contributed by atoms with van der Waals surface area (Å²) in [6, 6.07) is 24.9. The molecular formula is C54H28O2. The quantitative estimate of drug-likeness (QED) is 0.101. The van der Waals surface area contributed by atoms with E-state index >= 15 is 0 Å². The Kier molecular flexibility index (Phi) is 3.30. The molecule has 3 unspecified atom stereocenters. The molecule has 0 heterocycles.